The molecule has 2 rings (SSSR count). The van der Waals surface area contributed by atoms with E-state index < -0.39 is 0 Å². The first-order chi connectivity index (χ1) is 8.11. The lowest BCUT2D eigenvalue weighted by Crippen LogP contribution is -2.09. The SMILES string of the molecule is C#CCNc1nc(N)c2nc(N)nc(N)c2n1. The summed E-state index contributed by atoms with van der Waals surface area (Å²) < 4.78 is 0. The van der Waals surface area contributed by atoms with Gasteiger partial charge in [-0.3, -0.25) is 0 Å². The molecule has 0 saturated carbocycles. The van der Waals surface area contributed by atoms with Gasteiger partial charge in [-0.1, -0.05) is 5.92 Å². The van der Waals surface area contributed by atoms with Gasteiger partial charge < -0.3 is 22.5 Å². The number of terminal acetylenes is 1. The van der Waals surface area contributed by atoms with E-state index in [2.05, 4.69) is 31.2 Å². The summed E-state index contributed by atoms with van der Waals surface area (Å²) in [5.74, 6) is 2.99. The van der Waals surface area contributed by atoms with Crippen molar-refractivity contribution in [2.24, 2.45) is 0 Å². The number of nitrogens with zero attached hydrogens (tertiary/aromatic N) is 4. The van der Waals surface area contributed by atoms with Gasteiger partial charge in [0.25, 0.3) is 0 Å². The number of fused-ring (bicyclic) bond motifs is 1. The fourth-order valence-corrected chi connectivity index (χ4v) is 1.29. The Labute approximate surface area is 96.7 Å². The molecule has 7 N–H and O–H groups in total. The Bertz CT molecular complexity index is 614. The third-order valence-electron chi connectivity index (χ3n) is 1.96. The molecule has 0 spiro atoms. The second-order valence-electron chi connectivity index (χ2n) is 3.15. The third-order valence-corrected chi connectivity index (χ3v) is 1.96. The van der Waals surface area contributed by atoms with Crippen LogP contribution < -0.4 is 22.5 Å². The Morgan fingerprint density at radius 3 is 2.35 bits per heavy atom. The molecule has 0 saturated heterocycles. The van der Waals surface area contributed by atoms with Gasteiger partial charge >= 0.3 is 0 Å². The van der Waals surface area contributed by atoms with E-state index in [0.717, 1.165) is 0 Å². The van der Waals surface area contributed by atoms with Gasteiger partial charge in [0.05, 0.1) is 6.54 Å². The van der Waals surface area contributed by atoms with E-state index >= 15 is 0 Å². The van der Waals surface area contributed by atoms with E-state index in [-0.39, 0.29) is 30.1 Å². The molecule has 0 aliphatic heterocycles. The molecule has 0 amide bonds. The highest BCUT2D eigenvalue weighted by Crippen LogP contribution is 2.21. The average Bonchev–Trinajstić information content (AvgIpc) is 2.28. The molecule has 0 aliphatic carbocycles. The maximum Gasteiger partial charge on any atom is 0.226 e. The molecule has 2 heterocycles. The highest BCUT2D eigenvalue weighted by atomic mass is 15.1. The zero-order valence-corrected chi connectivity index (χ0v) is 8.81. The Kier molecular flexibility index (Phi) is 2.50. The maximum absolute atomic E-state index is 5.72. The minimum Gasteiger partial charge on any atom is -0.382 e. The molecule has 8 heteroatoms. The van der Waals surface area contributed by atoms with Crippen LogP contribution in [0.15, 0.2) is 0 Å². The quantitative estimate of drug-likeness (QED) is 0.492. The topological polar surface area (TPSA) is 142 Å². The Hall–Kier alpha value is -2.82. The molecule has 8 nitrogen and oxygen atoms in total. The number of aromatic nitrogens is 4. The normalized spacial score (nSPS) is 10.1. The van der Waals surface area contributed by atoms with Crippen molar-refractivity contribution >= 4 is 34.6 Å². The summed E-state index contributed by atoms with van der Waals surface area (Å²) in [5, 5.41) is 2.79. The lowest BCUT2D eigenvalue weighted by atomic mass is 10.4. The second-order valence-corrected chi connectivity index (χ2v) is 3.15. The van der Waals surface area contributed by atoms with Crippen molar-refractivity contribution in [3.8, 4) is 12.3 Å². The minimum atomic E-state index is 0.0228. The van der Waals surface area contributed by atoms with Gasteiger partial charge in [0, 0.05) is 0 Å². The van der Waals surface area contributed by atoms with Gasteiger partial charge in [-0.25, -0.2) is 9.97 Å². The van der Waals surface area contributed by atoms with Crippen LogP contribution in [0.4, 0.5) is 23.5 Å². The first-order valence-corrected chi connectivity index (χ1v) is 4.65. The molecular weight excluding hydrogens is 220 g/mol. The predicted molar refractivity (Wildman–Crippen MR) is 65.7 cm³/mol. The number of nitrogen functional groups attached to an aromatic ring is 3. The van der Waals surface area contributed by atoms with Crippen molar-refractivity contribution in [2.45, 2.75) is 0 Å². The first kappa shape index (κ1) is 10.7. The monoisotopic (exact) mass is 230 g/mol. The number of anilines is 4. The summed E-state index contributed by atoms with van der Waals surface area (Å²) >= 11 is 0. The standard InChI is InChI=1S/C9H10N8/c1-2-3-13-9-15-5-4(7(11)17-9)14-8(12)16-6(5)10/h1H,3H2,(H4,10,12,14,16)(H3,11,13,15,17). The Morgan fingerprint density at radius 1 is 1.00 bits per heavy atom. The van der Waals surface area contributed by atoms with Crippen molar-refractivity contribution in [3.63, 3.8) is 0 Å². The summed E-state index contributed by atoms with van der Waals surface area (Å²) in [5.41, 5.74) is 17.5. The maximum atomic E-state index is 5.72. The van der Waals surface area contributed by atoms with Gasteiger partial charge in [0.2, 0.25) is 11.9 Å². The van der Waals surface area contributed by atoms with Crippen LogP contribution in [-0.2, 0) is 0 Å². The molecule has 2 aromatic rings. The summed E-state index contributed by atoms with van der Waals surface area (Å²) in [7, 11) is 0. The van der Waals surface area contributed by atoms with Crippen molar-refractivity contribution in [1.82, 2.24) is 19.9 Å². The van der Waals surface area contributed by atoms with Gasteiger partial charge in [-0.15, -0.1) is 6.42 Å². The van der Waals surface area contributed by atoms with Gasteiger partial charge in [-0.2, -0.15) is 9.97 Å². The van der Waals surface area contributed by atoms with Crippen LogP contribution in [0.25, 0.3) is 11.0 Å². The molecule has 17 heavy (non-hydrogen) atoms. The number of rotatable bonds is 2. The van der Waals surface area contributed by atoms with Crippen molar-refractivity contribution in [2.75, 3.05) is 29.1 Å². The average molecular weight is 230 g/mol. The van der Waals surface area contributed by atoms with Crippen molar-refractivity contribution in [3.05, 3.63) is 0 Å². The Balaban J connectivity index is 2.61. The molecule has 0 aromatic carbocycles. The van der Waals surface area contributed by atoms with Gasteiger partial charge in [0.1, 0.15) is 11.0 Å². The van der Waals surface area contributed by atoms with E-state index in [0.29, 0.717) is 11.0 Å². The van der Waals surface area contributed by atoms with Crippen molar-refractivity contribution in [1.29, 1.82) is 0 Å². The van der Waals surface area contributed by atoms with E-state index in [1.54, 1.807) is 0 Å². The number of hydrogen-bond donors (Lipinski definition) is 4. The minimum absolute atomic E-state index is 0.0228. The van der Waals surface area contributed by atoms with Crippen LogP contribution in [0.1, 0.15) is 0 Å². The van der Waals surface area contributed by atoms with Crippen LogP contribution in [0.2, 0.25) is 0 Å². The van der Waals surface area contributed by atoms with Gasteiger partial charge in [0.15, 0.2) is 11.6 Å². The molecule has 0 atom stereocenters. The zero-order chi connectivity index (χ0) is 12.4. The lowest BCUT2D eigenvalue weighted by molar-refractivity contribution is 1.14. The Morgan fingerprint density at radius 2 is 1.65 bits per heavy atom. The molecular formula is C9H10N8. The van der Waals surface area contributed by atoms with E-state index in [9.17, 15) is 0 Å². The zero-order valence-electron chi connectivity index (χ0n) is 8.81. The lowest BCUT2D eigenvalue weighted by Gasteiger charge is -2.06. The summed E-state index contributed by atoms with van der Waals surface area (Å²) in [6, 6.07) is 0. The number of nitrogens with one attached hydrogen (secondary N) is 1. The smallest absolute Gasteiger partial charge is 0.226 e. The van der Waals surface area contributed by atoms with Crippen molar-refractivity contribution < 1.29 is 0 Å². The molecule has 0 aliphatic rings. The summed E-state index contributed by atoms with van der Waals surface area (Å²) in [6.45, 7) is 0.278. The summed E-state index contributed by atoms with van der Waals surface area (Å²) in [4.78, 5) is 15.8. The van der Waals surface area contributed by atoms with E-state index in [4.69, 9.17) is 23.6 Å². The first-order valence-electron chi connectivity index (χ1n) is 4.65. The molecule has 0 bridgehead atoms. The highest BCUT2D eigenvalue weighted by Gasteiger charge is 2.11. The highest BCUT2D eigenvalue weighted by molar-refractivity contribution is 5.92. The fraction of sp³-hybridized carbons (Fsp3) is 0.111. The largest absolute Gasteiger partial charge is 0.382 e. The van der Waals surface area contributed by atoms with Crippen LogP contribution >= 0.6 is 0 Å². The molecule has 86 valence electrons. The molecule has 0 fully saturated rings. The summed E-state index contributed by atoms with van der Waals surface area (Å²) in [6.07, 6.45) is 5.11. The van der Waals surface area contributed by atoms with Crippen LogP contribution in [0.3, 0.4) is 0 Å². The predicted octanol–water partition coefficient (Wildman–Crippen LogP) is -0.788. The van der Waals surface area contributed by atoms with Gasteiger partial charge in [-0.05, 0) is 0 Å². The second kappa shape index (κ2) is 3.97. The van der Waals surface area contributed by atoms with E-state index in [1.165, 1.54) is 0 Å². The van der Waals surface area contributed by atoms with Crippen LogP contribution in [0, 0.1) is 12.3 Å². The fourth-order valence-electron chi connectivity index (χ4n) is 1.29. The van der Waals surface area contributed by atoms with Crippen LogP contribution in [0.5, 0.6) is 0 Å². The van der Waals surface area contributed by atoms with Crippen LogP contribution in [-0.4, -0.2) is 26.5 Å². The third kappa shape index (κ3) is 1.93. The molecule has 0 unspecified atom stereocenters. The van der Waals surface area contributed by atoms with E-state index in [1.807, 2.05) is 0 Å². The molecule has 2 aromatic heterocycles. The number of nitrogens with two attached hydrogens (primary N) is 3. The molecule has 0 radical (unpaired) electrons. The number of hydrogen-bond acceptors (Lipinski definition) is 8.